The molecule has 134 valence electrons. The van der Waals surface area contributed by atoms with Gasteiger partial charge in [0.2, 0.25) is 5.91 Å². The lowest BCUT2D eigenvalue weighted by Crippen LogP contribution is -2.16. The first-order valence-corrected chi connectivity index (χ1v) is 9.16. The number of alkyl halides is 2. The van der Waals surface area contributed by atoms with Crippen LogP contribution in [0, 0.1) is 6.92 Å². The van der Waals surface area contributed by atoms with Crippen molar-refractivity contribution in [2.24, 2.45) is 0 Å². The highest BCUT2D eigenvalue weighted by Crippen LogP contribution is 2.24. The molecule has 2 aromatic heterocycles. The summed E-state index contributed by atoms with van der Waals surface area (Å²) in [5, 5.41) is 2.55. The summed E-state index contributed by atoms with van der Waals surface area (Å²) in [6.07, 6.45) is 0.126. The van der Waals surface area contributed by atoms with Crippen molar-refractivity contribution in [2.45, 2.75) is 26.0 Å². The van der Waals surface area contributed by atoms with Crippen LogP contribution in [0.2, 0.25) is 0 Å². The number of carbonyl (C=O) groups excluding carboxylic acids is 1. The Morgan fingerprint density at radius 3 is 2.60 bits per heavy atom. The maximum absolute atomic E-state index is 12.4. The Labute approximate surface area is 144 Å². The third kappa shape index (κ3) is 5.56. The van der Waals surface area contributed by atoms with Crippen molar-refractivity contribution in [3.8, 4) is 11.1 Å². The molecule has 0 saturated carbocycles. The van der Waals surface area contributed by atoms with E-state index in [-0.39, 0.29) is 5.91 Å². The molecule has 0 radical (unpaired) electrons. The van der Waals surface area contributed by atoms with Crippen molar-refractivity contribution in [3.05, 3.63) is 41.9 Å². The van der Waals surface area contributed by atoms with Gasteiger partial charge in [0.1, 0.15) is 11.6 Å². The minimum atomic E-state index is -3.94. The van der Waals surface area contributed by atoms with Crippen LogP contribution in [0.3, 0.4) is 0 Å². The zero-order valence-corrected chi connectivity index (χ0v) is 14.5. The number of halogens is 2. The van der Waals surface area contributed by atoms with E-state index in [9.17, 15) is 22.0 Å². The molecule has 0 aliphatic rings. The molecule has 25 heavy (non-hydrogen) atoms. The van der Waals surface area contributed by atoms with E-state index < -0.39 is 27.8 Å². The lowest BCUT2D eigenvalue weighted by Gasteiger charge is -2.10. The maximum Gasteiger partial charge on any atom is 0.252 e. The number of aryl methyl sites for hydroxylation is 1. The number of nitrogens with one attached hydrogen (secondary N) is 1. The molecule has 0 atom stereocenters. The number of pyridine rings is 2. The number of carbonyl (C=O) groups is 1. The average Bonchev–Trinajstić information content (AvgIpc) is 2.47. The normalized spacial score (nSPS) is 11.6. The van der Waals surface area contributed by atoms with E-state index in [0.29, 0.717) is 28.2 Å². The Morgan fingerprint density at radius 2 is 1.96 bits per heavy atom. The quantitative estimate of drug-likeness (QED) is 0.845. The number of sulfone groups is 1. The van der Waals surface area contributed by atoms with Gasteiger partial charge < -0.3 is 5.32 Å². The molecule has 2 aromatic rings. The van der Waals surface area contributed by atoms with Crippen LogP contribution in [-0.2, 0) is 20.4 Å². The van der Waals surface area contributed by atoms with Crippen molar-refractivity contribution >= 4 is 21.6 Å². The van der Waals surface area contributed by atoms with Gasteiger partial charge in [0, 0.05) is 30.6 Å². The molecule has 0 aliphatic heterocycles. The molecule has 2 rings (SSSR count). The predicted molar refractivity (Wildman–Crippen MR) is 90.0 cm³/mol. The van der Waals surface area contributed by atoms with Crippen LogP contribution in [-0.4, -0.2) is 36.5 Å². The summed E-state index contributed by atoms with van der Waals surface area (Å²) in [5.74, 6) is -1.62. The summed E-state index contributed by atoms with van der Waals surface area (Å²) in [7, 11) is -3.94. The summed E-state index contributed by atoms with van der Waals surface area (Å²) in [6.45, 7) is 2.97. The molecule has 1 N–H and O–H groups in total. The standard InChI is InChI=1S/C16H17F2N3O3S/c1-10-14(8-25(23,24)9-15(17)18)5-13(7-20-10)12-3-4-19-16(6-12)21-11(2)22/h3-7,15H,8-9H2,1-2H3,(H,19,21,22). The van der Waals surface area contributed by atoms with E-state index in [0.717, 1.165) is 0 Å². The minimum absolute atomic E-state index is 0.273. The van der Waals surface area contributed by atoms with Crippen LogP contribution in [0.5, 0.6) is 0 Å². The number of anilines is 1. The van der Waals surface area contributed by atoms with Crippen LogP contribution in [0.15, 0.2) is 30.6 Å². The highest BCUT2D eigenvalue weighted by molar-refractivity contribution is 7.90. The van der Waals surface area contributed by atoms with Crippen molar-refractivity contribution in [2.75, 3.05) is 11.1 Å². The van der Waals surface area contributed by atoms with E-state index in [4.69, 9.17) is 0 Å². The highest BCUT2D eigenvalue weighted by atomic mass is 32.2. The molecule has 9 heteroatoms. The number of aromatic nitrogens is 2. The molecule has 0 aliphatic carbocycles. The summed E-state index contributed by atoms with van der Waals surface area (Å²) in [6, 6.07) is 4.89. The van der Waals surface area contributed by atoms with E-state index in [1.54, 1.807) is 31.3 Å². The number of amides is 1. The topological polar surface area (TPSA) is 89.0 Å². The molecular formula is C16H17F2N3O3S. The van der Waals surface area contributed by atoms with Gasteiger partial charge in [0.15, 0.2) is 9.84 Å². The summed E-state index contributed by atoms with van der Waals surface area (Å²) in [4.78, 5) is 19.3. The van der Waals surface area contributed by atoms with Crippen molar-refractivity contribution in [1.29, 1.82) is 0 Å². The fourth-order valence-corrected chi connectivity index (χ4v) is 3.50. The van der Waals surface area contributed by atoms with Gasteiger partial charge in [0.05, 0.1) is 5.75 Å². The first-order chi connectivity index (χ1) is 11.7. The molecule has 0 bridgehead atoms. The van der Waals surface area contributed by atoms with Crippen molar-refractivity contribution in [3.63, 3.8) is 0 Å². The summed E-state index contributed by atoms with van der Waals surface area (Å²) < 4.78 is 48.4. The Morgan fingerprint density at radius 1 is 1.24 bits per heavy atom. The van der Waals surface area contributed by atoms with Gasteiger partial charge in [-0.1, -0.05) is 0 Å². The monoisotopic (exact) mass is 369 g/mol. The molecule has 0 saturated heterocycles. The Balaban J connectivity index is 2.34. The Hall–Kier alpha value is -2.42. The molecule has 6 nitrogen and oxygen atoms in total. The van der Waals surface area contributed by atoms with Crippen LogP contribution in [0.1, 0.15) is 18.2 Å². The molecule has 0 aromatic carbocycles. The fourth-order valence-electron chi connectivity index (χ4n) is 2.23. The highest BCUT2D eigenvalue weighted by Gasteiger charge is 2.20. The SMILES string of the molecule is CC(=O)Nc1cc(-c2cnc(C)c(CS(=O)(=O)CC(F)F)c2)ccn1. The van der Waals surface area contributed by atoms with Crippen LogP contribution < -0.4 is 5.32 Å². The second kappa shape index (κ2) is 7.64. The van der Waals surface area contributed by atoms with Gasteiger partial charge in [-0.25, -0.2) is 22.2 Å². The van der Waals surface area contributed by atoms with Gasteiger partial charge in [-0.05, 0) is 36.2 Å². The molecule has 1 amide bonds. The average molecular weight is 369 g/mol. The Kier molecular flexibility index (Phi) is 5.78. The van der Waals surface area contributed by atoms with Gasteiger partial charge in [-0.15, -0.1) is 0 Å². The lowest BCUT2D eigenvalue weighted by atomic mass is 10.1. The zero-order valence-electron chi connectivity index (χ0n) is 13.7. The molecule has 0 fully saturated rings. The predicted octanol–water partition coefficient (Wildman–Crippen LogP) is 2.59. The van der Waals surface area contributed by atoms with Gasteiger partial charge in [0.25, 0.3) is 6.43 Å². The smallest absolute Gasteiger partial charge is 0.252 e. The second-order valence-electron chi connectivity index (χ2n) is 5.53. The lowest BCUT2D eigenvalue weighted by molar-refractivity contribution is -0.114. The van der Waals surface area contributed by atoms with E-state index in [2.05, 4.69) is 15.3 Å². The molecule has 0 spiro atoms. The summed E-state index contributed by atoms with van der Waals surface area (Å²) >= 11 is 0. The maximum atomic E-state index is 12.4. The van der Waals surface area contributed by atoms with Crippen molar-refractivity contribution < 1.29 is 22.0 Å². The first-order valence-electron chi connectivity index (χ1n) is 7.34. The fraction of sp³-hybridized carbons (Fsp3) is 0.312. The second-order valence-corrected chi connectivity index (χ2v) is 7.63. The number of nitrogens with zero attached hydrogens (tertiary/aromatic N) is 2. The number of hydrogen-bond donors (Lipinski definition) is 1. The van der Waals surface area contributed by atoms with Gasteiger partial charge >= 0.3 is 0 Å². The number of rotatable bonds is 6. The van der Waals surface area contributed by atoms with Crippen LogP contribution in [0.25, 0.3) is 11.1 Å². The minimum Gasteiger partial charge on any atom is -0.311 e. The van der Waals surface area contributed by atoms with Crippen molar-refractivity contribution in [1.82, 2.24) is 9.97 Å². The molecular weight excluding hydrogens is 352 g/mol. The third-order valence-corrected chi connectivity index (χ3v) is 4.86. The van der Waals surface area contributed by atoms with Crippen LogP contribution >= 0.6 is 0 Å². The van der Waals surface area contributed by atoms with E-state index in [1.165, 1.54) is 13.1 Å². The molecule has 0 unspecified atom stereocenters. The largest absolute Gasteiger partial charge is 0.311 e. The van der Waals surface area contributed by atoms with Gasteiger partial charge in [-0.2, -0.15) is 0 Å². The van der Waals surface area contributed by atoms with E-state index in [1.807, 2.05) is 0 Å². The Bertz CT molecular complexity index is 886. The first kappa shape index (κ1) is 18.9. The van der Waals surface area contributed by atoms with Gasteiger partial charge in [-0.3, -0.25) is 9.78 Å². The van der Waals surface area contributed by atoms with E-state index >= 15 is 0 Å². The third-order valence-electron chi connectivity index (χ3n) is 3.34. The zero-order chi connectivity index (χ0) is 18.6. The van der Waals surface area contributed by atoms with Crippen LogP contribution in [0.4, 0.5) is 14.6 Å². The molecule has 2 heterocycles. The number of hydrogen-bond acceptors (Lipinski definition) is 5. The summed E-state index contributed by atoms with van der Waals surface area (Å²) in [5.41, 5.74) is 2.08.